The number of ether oxygens (including phenoxy) is 1. The number of anilines is 1. The zero-order valence-corrected chi connectivity index (χ0v) is 16.2. The normalized spacial score (nSPS) is 13.9. The third-order valence-electron chi connectivity index (χ3n) is 4.70. The maximum Gasteiger partial charge on any atom is 0.272 e. The number of hydrogen-bond donors (Lipinski definition) is 1. The highest BCUT2D eigenvalue weighted by Crippen LogP contribution is 2.18. The molecule has 0 spiro atoms. The topological polar surface area (TPSA) is 87.7 Å². The number of aryl methyl sites for hydroxylation is 1. The predicted molar refractivity (Wildman–Crippen MR) is 105 cm³/mol. The molecule has 0 unspecified atom stereocenters. The van der Waals surface area contributed by atoms with Gasteiger partial charge in [0.25, 0.3) is 5.91 Å². The molecule has 28 heavy (non-hydrogen) atoms. The molecule has 2 heterocycles. The Balaban J connectivity index is 1.63. The molecule has 8 heteroatoms. The highest BCUT2D eigenvalue weighted by Gasteiger charge is 2.23. The lowest BCUT2D eigenvalue weighted by molar-refractivity contribution is -0.119. The number of carbonyl (C=O) groups is 2. The van der Waals surface area contributed by atoms with Gasteiger partial charge in [0, 0.05) is 38.8 Å². The number of para-hydroxylation sites is 1. The van der Waals surface area contributed by atoms with Crippen LogP contribution in [0.5, 0.6) is 5.75 Å². The number of piperazine rings is 1. The number of aromatic nitrogens is 2. The van der Waals surface area contributed by atoms with Gasteiger partial charge in [0.2, 0.25) is 6.41 Å². The fourth-order valence-corrected chi connectivity index (χ4v) is 3.19. The van der Waals surface area contributed by atoms with E-state index < -0.39 is 0 Å². The maximum absolute atomic E-state index is 12.8. The van der Waals surface area contributed by atoms with Gasteiger partial charge in [-0.3, -0.25) is 9.59 Å². The third-order valence-corrected chi connectivity index (χ3v) is 4.70. The smallest absolute Gasteiger partial charge is 0.272 e. The lowest BCUT2D eigenvalue weighted by Crippen LogP contribution is -2.48. The van der Waals surface area contributed by atoms with Gasteiger partial charge in [0.15, 0.2) is 0 Å². The van der Waals surface area contributed by atoms with Crippen molar-refractivity contribution in [2.75, 3.05) is 45.2 Å². The van der Waals surface area contributed by atoms with Crippen molar-refractivity contribution in [1.82, 2.24) is 19.8 Å². The second kappa shape index (κ2) is 9.16. The first-order valence-electron chi connectivity index (χ1n) is 9.31. The van der Waals surface area contributed by atoms with Crippen LogP contribution in [0.15, 0.2) is 30.3 Å². The molecule has 3 rings (SSSR count). The van der Waals surface area contributed by atoms with Crippen molar-refractivity contribution in [3.8, 4) is 5.75 Å². The van der Waals surface area contributed by atoms with E-state index in [0.29, 0.717) is 50.1 Å². The van der Waals surface area contributed by atoms with Gasteiger partial charge in [-0.15, -0.1) is 0 Å². The van der Waals surface area contributed by atoms with E-state index in [1.165, 1.54) is 0 Å². The van der Waals surface area contributed by atoms with E-state index in [0.717, 1.165) is 24.1 Å². The van der Waals surface area contributed by atoms with Crippen molar-refractivity contribution in [2.24, 2.45) is 0 Å². The zero-order chi connectivity index (χ0) is 19.9. The van der Waals surface area contributed by atoms with E-state index in [1.807, 2.05) is 24.3 Å². The van der Waals surface area contributed by atoms with E-state index in [-0.39, 0.29) is 5.91 Å². The van der Waals surface area contributed by atoms with E-state index in [4.69, 9.17) is 4.74 Å². The quantitative estimate of drug-likeness (QED) is 0.727. The summed E-state index contributed by atoms with van der Waals surface area (Å²) in [5.74, 6) is 1.88. The Morgan fingerprint density at radius 1 is 1.21 bits per heavy atom. The van der Waals surface area contributed by atoms with E-state index in [2.05, 4.69) is 15.3 Å². The van der Waals surface area contributed by atoms with Crippen LogP contribution in [0.25, 0.3) is 0 Å². The summed E-state index contributed by atoms with van der Waals surface area (Å²) in [5.41, 5.74) is 1.47. The van der Waals surface area contributed by atoms with Gasteiger partial charge in [0.05, 0.1) is 7.11 Å². The minimum Gasteiger partial charge on any atom is -0.496 e. The summed E-state index contributed by atoms with van der Waals surface area (Å²) >= 11 is 0. The minimum absolute atomic E-state index is 0.135. The monoisotopic (exact) mass is 383 g/mol. The van der Waals surface area contributed by atoms with Crippen LogP contribution in [0.4, 0.5) is 5.82 Å². The number of nitrogens with one attached hydrogen (secondary N) is 1. The Kier molecular flexibility index (Phi) is 6.41. The Morgan fingerprint density at radius 3 is 2.68 bits per heavy atom. The van der Waals surface area contributed by atoms with Gasteiger partial charge < -0.3 is 19.9 Å². The molecule has 1 aliphatic heterocycles. The van der Waals surface area contributed by atoms with E-state index >= 15 is 0 Å². The molecule has 0 atom stereocenters. The molecule has 148 valence electrons. The molecule has 0 bridgehead atoms. The van der Waals surface area contributed by atoms with Crippen LogP contribution in [0.3, 0.4) is 0 Å². The Labute approximate surface area is 164 Å². The second-order valence-corrected chi connectivity index (χ2v) is 6.61. The lowest BCUT2D eigenvalue weighted by Gasteiger charge is -2.32. The Morgan fingerprint density at radius 2 is 1.96 bits per heavy atom. The molecule has 2 aromatic rings. The van der Waals surface area contributed by atoms with Crippen molar-refractivity contribution in [2.45, 2.75) is 13.3 Å². The number of rotatable bonds is 7. The van der Waals surface area contributed by atoms with Crippen molar-refractivity contribution in [3.05, 3.63) is 47.4 Å². The van der Waals surface area contributed by atoms with Crippen LogP contribution in [0.2, 0.25) is 0 Å². The van der Waals surface area contributed by atoms with Gasteiger partial charge >= 0.3 is 0 Å². The summed E-state index contributed by atoms with van der Waals surface area (Å²) in [6, 6.07) is 9.57. The fourth-order valence-electron chi connectivity index (χ4n) is 3.19. The van der Waals surface area contributed by atoms with Gasteiger partial charge in [-0.2, -0.15) is 0 Å². The van der Waals surface area contributed by atoms with Crippen LogP contribution >= 0.6 is 0 Å². The SMILES string of the molecule is COc1ccccc1CCNc1cc(C(=O)N2CCN(C=O)CC2)nc(C)n1. The second-order valence-electron chi connectivity index (χ2n) is 6.61. The van der Waals surface area contributed by atoms with Crippen molar-refractivity contribution < 1.29 is 14.3 Å². The zero-order valence-electron chi connectivity index (χ0n) is 16.2. The van der Waals surface area contributed by atoms with Crippen LogP contribution in [0, 0.1) is 6.92 Å². The predicted octanol–water partition coefficient (Wildman–Crippen LogP) is 1.36. The molecular weight excluding hydrogens is 358 g/mol. The van der Waals surface area contributed by atoms with E-state index in [9.17, 15) is 9.59 Å². The van der Waals surface area contributed by atoms with Crippen LogP contribution in [0.1, 0.15) is 21.9 Å². The first-order valence-corrected chi connectivity index (χ1v) is 9.31. The summed E-state index contributed by atoms with van der Waals surface area (Å²) in [5, 5.41) is 3.27. The lowest BCUT2D eigenvalue weighted by atomic mass is 10.1. The van der Waals surface area contributed by atoms with Crippen LogP contribution in [-0.4, -0.2) is 71.9 Å². The maximum atomic E-state index is 12.8. The highest BCUT2D eigenvalue weighted by molar-refractivity contribution is 5.93. The molecule has 0 aliphatic carbocycles. The van der Waals surface area contributed by atoms with Gasteiger partial charge in [-0.05, 0) is 25.0 Å². The standard InChI is InChI=1S/C20H25N5O3/c1-15-22-17(20(27)25-11-9-24(14-26)10-12-25)13-19(23-15)21-8-7-16-5-3-4-6-18(16)28-2/h3-6,13-14H,7-12H2,1-2H3,(H,21,22,23). The van der Waals surface area contributed by atoms with E-state index in [1.54, 1.807) is 29.9 Å². The summed E-state index contributed by atoms with van der Waals surface area (Å²) in [7, 11) is 1.66. The van der Waals surface area contributed by atoms with Crippen LogP contribution in [-0.2, 0) is 11.2 Å². The minimum atomic E-state index is -0.135. The van der Waals surface area contributed by atoms with Crippen molar-refractivity contribution >= 4 is 18.1 Å². The fraction of sp³-hybridized carbons (Fsp3) is 0.400. The average molecular weight is 383 g/mol. The Bertz CT molecular complexity index is 834. The molecule has 1 saturated heterocycles. The number of nitrogens with zero attached hydrogens (tertiary/aromatic N) is 4. The number of amides is 2. The molecule has 1 fully saturated rings. The first kappa shape index (κ1) is 19.6. The summed E-state index contributed by atoms with van der Waals surface area (Å²) in [4.78, 5) is 35.7. The molecule has 1 aromatic carbocycles. The molecule has 1 aliphatic rings. The first-order chi connectivity index (χ1) is 13.6. The largest absolute Gasteiger partial charge is 0.496 e. The molecule has 8 nitrogen and oxygen atoms in total. The van der Waals surface area contributed by atoms with Crippen LogP contribution < -0.4 is 10.1 Å². The van der Waals surface area contributed by atoms with Gasteiger partial charge in [0.1, 0.15) is 23.1 Å². The average Bonchev–Trinajstić information content (AvgIpc) is 2.73. The number of benzene rings is 1. The number of hydrogen-bond acceptors (Lipinski definition) is 6. The van der Waals surface area contributed by atoms with Crippen molar-refractivity contribution in [1.29, 1.82) is 0 Å². The molecule has 1 N–H and O–H groups in total. The molecule has 2 amide bonds. The molecule has 0 saturated carbocycles. The van der Waals surface area contributed by atoms with Gasteiger partial charge in [-0.1, -0.05) is 18.2 Å². The number of carbonyl (C=O) groups excluding carboxylic acids is 2. The summed E-state index contributed by atoms with van der Waals surface area (Å²) in [6.45, 7) is 4.54. The highest BCUT2D eigenvalue weighted by atomic mass is 16.5. The molecule has 0 radical (unpaired) electrons. The Hall–Kier alpha value is -3.16. The summed E-state index contributed by atoms with van der Waals surface area (Å²) in [6.07, 6.45) is 1.59. The molecule has 1 aromatic heterocycles. The summed E-state index contributed by atoms with van der Waals surface area (Å²) < 4.78 is 5.37. The van der Waals surface area contributed by atoms with Crippen molar-refractivity contribution in [3.63, 3.8) is 0 Å². The van der Waals surface area contributed by atoms with Gasteiger partial charge in [-0.25, -0.2) is 9.97 Å². The third kappa shape index (κ3) is 4.76. The number of methoxy groups -OCH3 is 1. The molecular formula is C20H25N5O3.